The molecule has 0 aliphatic carbocycles. The summed E-state index contributed by atoms with van der Waals surface area (Å²) >= 11 is 0. The van der Waals surface area contributed by atoms with Crippen molar-refractivity contribution in [3.63, 3.8) is 0 Å². The number of aliphatic hydroxyl groups excluding tert-OH is 1. The van der Waals surface area contributed by atoms with Gasteiger partial charge in [0.05, 0.1) is 18.2 Å². The van der Waals surface area contributed by atoms with Crippen molar-refractivity contribution in [3.8, 4) is 0 Å². The summed E-state index contributed by atoms with van der Waals surface area (Å²) in [5.41, 5.74) is 1.90. The summed E-state index contributed by atoms with van der Waals surface area (Å²) < 4.78 is 5.37. The van der Waals surface area contributed by atoms with E-state index in [1.807, 2.05) is 30.3 Å². The summed E-state index contributed by atoms with van der Waals surface area (Å²) in [6, 6.07) is 15.6. The number of amides is 1. The topological polar surface area (TPSA) is 117 Å². The van der Waals surface area contributed by atoms with Crippen LogP contribution in [0.3, 0.4) is 0 Å². The lowest BCUT2D eigenvalue weighted by Crippen LogP contribution is -2.38. The Morgan fingerprint density at radius 3 is 2.53 bits per heavy atom. The van der Waals surface area contributed by atoms with Gasteiger partial charge in [-0.25, -0.2) is 9.97 Å². The molecule has 3 N–H and O–H groups in total. The van der Waals surface area contributed by atoms with Crippen LogP contribution in [0.1, 0.15) is 46.2 Å². The van der Waals surface area contributed by atoms with E-state index >= 15 is 0 Å². The second-order valence-corrected chi connectivity index (χ2v) is 10.3. The summed E-state index contributed by atoms with van der Waals surface area (Å²) in [4.78, 5) is 35.3. The first-order valence-corrected chi connectivity index (χ1v) is 12.7. The first-order valence-electron chi connectivity index (χ1n) is 12.7. The highest BCUT2D eigenvalue weighted by atomic mass is 16.6. The van der Waals surface area contributed by atoms with Crippen LogP contribution in [0.2, 0.25) is 0 Å². The molecule has 3 aromatic rings. The average molecular weight is 520 g/mol. The third-order valence-electron chi connectivity index (χ3n) is 5.48. The van der Waals surface area contributed by atoms with E-state index in [4.69, 9.17) is 4.74 Å². The van der Waals surface area contributed by atoms with E-state index in [0.717, 1.165) is 16.5 Å². The van der Waals surface area contributed by atoms with Crippen molar-refractivity contribution < 1.29 is 19.4 Å². The molecule has 2 atom stereocenters. The first-order chi connectivity index (χ1) is 18.0. The molecule has 0 aliphatic rings. The molecule has 9 nitrogen and oxygen atoms in total. The second-order valence-electron chi connectivity index (χ2n) is 10.3. The van der Waals surface area contributed by atoms with Crippen LogP contribution >= 0.6 is 0 Å². The molecule has 38 heavy (non-hydrogen) atoms. The highest BCUT2D eigenvalue weighted by Crippen LogP contribution is 2.26. The number of nitrogens with zero attached hydrogens (tertiary/aromatic N) is 3. The molecule has 0 bridgehead atoms. The molecule has 9 heteroatoms. The Kier molecular flexibility index (Phi) is 9.92. The molecule has 0 saturated heterocycles. The second kappa shape index (κ2) is 13.1. The number of nitrogens with one attached hydrogen (secondary N) is 2. The quantitative estimate of drug-likeness (QED) is 0.253. The molecule has 0 spiro atoms. The standard InChI is InChI=1S/C29H37N5O4/c1-20(35)17-34(18-27(37)38-29(3,4)5)15-9-12-26(36)33-23-13-14-25-24(16-23)28(31-19-30-25)32-21(2)22-10-7-6-8-11-22/h6-14,16,19-21,35H,15,17-18H2,1-5H3,(H,33,36)(H,30,31,32). The fraction of sp³-hybridized carbons (Fsp3) is 0.379. The molecule has 1 aromatic heterocycles. The normalized spacial score (nSPS) is 13.4. The number of carbonyl (C=O) groups excluding carboxylic acids is 2. The molecular formula is C29H37N5O4. The number of fused-ring (bicyclic) bond motifs is 1. The van der Waals surface area contributed by atoms with Gasteiger partial charge in [0.15, 0.2) is 0 Å². The number of carbonyl (C=O) groups is 2. The van der Waals surface area contributed by atoms with Crippen LogP contribution in [0, 0.1) is 0 Å². The van der Waals surface area contributed by atoms with Crippen molar-refractivity contribution >= 4 is 34.3 Å². The van der Waals surface area contributed by atoms with Crippen LogP contribution < -0.4 is 10.6 Å². The van der Waals surface area contributed by atoms with E-state index in [0.29, 0.717) is 18.1 Å². The summed E-state index contributed by atoms with van der Waals surface area (Å²) in [5, 5.41) is 16.9. The number of aromatic nitrogens is 2. The van der Waals surface area contributed by atoms with Gasteiger partial charge in [0.2, 0.25) is 5.91 Å². The Labute approximate surface area is 223 Å². The van der Waals surface area contributed by atoms with Gasteiger partial charge in [-0.1, -0.05) is 36.4 Å². The zero-order valence-electron chi connectivity index (χ0n) is 22.6. The highest BCUT2D eigenvalue weighted by Gasteiger charge is 2.19. The molecule has 202 valence electrons. The first kappa shape index (κ1) is 28.7. The highest BCUT2D eigenvalue weighted by molar-refractivity contribution is 6.01. The molecule has 3 rings (SSSR count). The van der Waals surface area contributed by atoms with Gasteiger partial charge in [0, 0.05) is 36.3 Å². The largest absolute Gasteiger partial charge is 0.459 e. The van der Waals surface area contributed by atoms with Gasteiger partial charge in [0.1, 0.15) is 17.7 Å². The van der Waals surface area contributed by atoms with E-state index in [1.165, 1.54) is 12.4 Å². The summed E-state index contributed by atoms with van der Waals surface area (Å²) in [7, 11) is 0. The molecule has 1 heterocycles. The Morgan fingerprint density at radius 2 is 1.84 bits per heavy atom. The van der Waals surface area contributed by atoms with E-state index in [9.17, 15) is 14.7 Å². The molecule has 2 unspecified atom stereocenters. The van der Waals surface area contributed by atoms with Crippen molar-refractivity contribution in [1.29, 1.82) is 0 Å². The molecule has 0 aliphatic heterocycles. The van der Waals surface area contributed by atoms with Crippen LogP contribution in [0.15, 0.2) is 67.0 Å². The van der Waals surface area contributed by atoms with Crippen LogP contribution in [0.25, 0.3) is 10.9 Å². The minimum absolute atomic E-state index is 0.00991. The van der Waals surface area contributed by atoms with Crippen LogP contribution in [-0.2, 0) is 14.3 Å². The van der Waals surface area contributed by atoms with E-state index in [2.05, 4.69) is 39.7 Å². The third-order valence-corrected chi connectivity index (χ3v) is 5.48. The van der Waals surface area contributed by atoms with E-state index < -0.39 is 11.7 Å². The van der Waals surface area contributed by atoms with Gasteiger partial charge in [0.25, 0.3) is 0 Å². The lowest BCUT2D eigenvalue weighted by Gasteiger charge is -2.25. The number of esters is 1. The van der Waals surface area contributed by atoms with Crippen molar-refractivity contribution in [3.05, 3.63) is 72.6 Å². The van der Waals surface area contributed by atoms with E-state index in [1.54, 1.807) is 44.7 Å². The number of benzene rings is 2. The third kappa shape index (κ3) is 9.24. The predicted octanol–water partition coefficient (Wildman–Crippen LogP) is 4.32. The number of rotatable bonds is 11. The maximum absolute atomic E-state index is 12.6. The minimum atomic E-state index is -0.633. The Bertz CT molecular complexity index is 1250. The van der Waals surface area contributed by atoms with Gasteiger partial charge >= 0.3 is 5.97 Å². The maximum Gasteiger partial charge on any atom is 0.320 e. The van der Waals surface area contributed by atoms with Crippen LogP contribution in [-0.4, -0.2) is 63.2 Å². The van der Waals surface area contributed by atoms with Gasteiger partial charge in [-0.3, -0.25) is 14.5 Å². The van der Waals surface area contributed by atoms with Crippen molar-refractivity contribution in [2.24, 2.45) is 0 Å². The SMILES string of the molecule is CC(O)CN(CC=CC(=O)Nc1ccc2ncnc(NC(C)c3ccccc3)c2c1)CC(=O)OC(C)(C)C. The van der Waals surface area contributed by atoms with Crippen LogP contribution in [0.4, 0.5) is 11.5 Å². The molecule has 0 fully saturated rings. The fourth-order valence-corrected chi connectivity index (χ4v) is 3.91. The Morgan fingerprint density at radius 1 is 1.11 bits per heavy atom. The number of hydrogen-bond acceptors (Lipinski definition) is 8. The Hall–Kier alpha value is -3.82. The zero-order valence-corrected chi connectivity index (χ0v) is 22.6. The van der Waals surface area contributed by atoms with Crippen LogP contribution in [0.5, 0.6) is 0 Å². The molecule has 1 amide bonds. The summed E-state index contributed by atoms with van der Waals surface area (Å²) in [6.45, 7) is 9.69. The molecule has 2 aromatic carbocycles. The number of ether oxygens (including phenoxy) is 1. The lowest BCUT2D eigenvalue weighted by atomic mass is 10.1. The van der Waals surface area contributed by atoms with E-state index in [-0.39, 0.29) is 31.0 Å². The molecule has 0 radical (unpaired) electrons. The van der Waals surface area contributed by atoms with Crippen molar-refractivity contribution in [2.75, 3.05) is 30.3 Å². The smallest absolute Gasteiger partial charge is 0.320 e. The Balaban J connectivity index is 1.65. The zero-order chi connectivity index (χ0) is 27.7. The fourth-order valence-electron chi connectivity index (χ4n) is 3.91. The predicted molar refractivity (Wildman–Crippen MR) is 150 cm³/mol. The van der Waals surface area contributed by atoms with Gasteiger partial charge < -0.3 is 20.5 Å². The average Bonchev–Trinajstić information content (AvgIpc) is 2.83. The van der Waals surface area contributed by atoms with Gasteiger partial charge in [-0.2, -0.15) is 0 Å². The lowest BCUT2D eigenvalue weighted by molar-refractivity contribution is -0.156. The van der Waals surface area contributed by atoms with Gasteiger partial charge in [-0.15, -0.1) is 0 Å². The monoisotopic (exact) mass is 519 g/mol. The molecular weight excluding hydrogens is 482 g/mol. The van der Waals surface area contributed by atoms with Crippen molar-refractivity contribution in [2.45, 2.75) is 52.4 Å². The number of aliphatic hydroxyl groups is 1. The number of hydrogen-bond donors (Lipinski definition) is 3. The minimum Gasteiger partial charge on any atom is -0.459 e. The summed E-state index contributed by atoms with van der Waals surface area (Å²) in [6.07, 6.45) is 3.94. The van der Waals surface area contributed by atoms with Gasteiger partial charge in [-0.05, 0) is 58.4 Å². The van der Waals surface area contributed by atoms with Crippen molar-refractivity contribution in [1.82, 2.24) is 14.9 Å². The molecule has 0 saturated carbocycles. The summed E-state index contributed by atoms with van der Waals surface area (Å²) in [5.74, 6) is -0.0306. The number of anilines is 2. The maximum atomic E-state index is 12.6.